The number of halogens is 2. The maximum atomic E-state index is 13.5. The summed E-state index contributed by atoms with van der Waals surface area (Å²) in [5, 5.41) is 5.88. The van der Waals surface area contributed by atoms with E-state index in [9.17, 15) is 4.79 Å². The maximum absolute atomic E-state index is 13.5. The van der Waals surface area contributed by atoms with Crippen molar-refractivity contribution in [3.63, 3.8) is 0 Å². The predicted molar refractivity (Wildman–Crippen MR) is 148 cm³/mol. The normalized spacial score (nSPS) is 12.3. The standard InChI is InChI=1S/C28H20Cl2N4OS/c1-16-10-23-24(11-17(16)2)34-27(35)25(36-28(34)31-23)13-20-15-33(14-18-8-9-21(29)22(30)12-18)32-26(20)19-6-4-3-5-7-19/h3-13,15H,14H2,1-2H3. The molecule has 3 aromatic heterocycles. The molecule has 6 rings (SSSR count). The van der Waals surface area contributed by atoms with Crippen molar-refractivity contribution >= 4 is 56.6 Å². The summed E-state index contributed by atoms with van der Waals surface area (Å²) in [4.78, 5) is 18.9. The molecule has 0 saturated heterocycles. The first-order chi connectivity index (χ1) is 17.4. The first-order valence-electron chi connectivity index (χ1n) is 11.4. The van der Waals surface area contributed by atoms with Gasteiger partial charge in [-0.25, -0.2) is 9.38 Å². The van der Waals surface area contributed by atoms with E-state index in [0.29, 0.717) is 26.1 Å². The minimum atomic E-state index is -0.0722. The summed E-state index contributed by atoms with van der Waals surface area (Å²) in [7, 11) is 0. The Kier molecular flexibility index (Phi) is 5.67. The van der Waals surface area contributed by atoms with E-state index >= 15 is 0 Å². The lowest BCUT2D eigenvalue weighted by molar-refractivity contribution is 0.689. The fourth-order valence-corrected chi connectivity index (χ4v) is 5.63. The predicted octanol–water partition coefficient (Wildman–Crippen LogP) is 6.29. The Morgan fingerprint density at radius 3 is 2.53 bits per heavy atom. The summed E-state index contributed by atoms with van der Waals surface area (Å²) in [6.07, 6.45) is 3.87. The van der Waals surface area contributed by atoms with Crippen LogP contribution in [0.5, 0.6) is 0 Å². The molecule has 0 spiro atoms. The highest BCUT2D eigenvalue weighted by Crippen LogP contribution is 2.26. The minimum Gasteiger partial charge on any atom is -0.267 e. The molecule has 0 aliphatic rings. The third kappa shape index (κ3) is 4.01. The SMILES string of the molecule is Cc1cc2nc3sc(=Cc4cn(Cc5ccc(Cl)c(Cl)c5)nc4-c4ccccc4)c(=O)n3c2cc1C. The zero-order valence-corrected chi connectivity index (χ0v) is 21.8. The van der Waals surface area contributed by atoms with E-state index in [1.807, 2.05) is 78.5 Å². The highest BCUT2D eigenvalue weighted by molar-refractivity contribution is 7.15. The molecule has 3 heterocycles. The number of thiazole rings is 1. The highest BCUT2D eigenvalue weighted by atomic mass is 35.5. The fraction of sp³-hybridized carbons (Fsp3) is 0.107. The highest BCUT2D eigenvalue weighted by Gasteiger charge is 2.15. The van der Waals surface area contributed by atoms with Gasteiger partial charge in [0.1, 0.15) is 0 Å². The maximum Gasteiger partial charge on any atom is 0.274 e. The van der Waals surface area contributed by atoms with E-state index in [-0.39, 0.29) is 5.56 Å². The number of imidazole rings is 1. The van der Waals surface area contributed by atoms with Crippen molar-refractivity contribution < 1.29 is 0 Å². The van der Waals surface area contributed by atoms with E-state index in [4.69, 9.17) is 33.3 Å². The van der Waals surface area contributed by atoms with Gasteiger partial charge in [0, 0.05) is 17.3 Å². The van der Waals surface area contributed by atoms with Gasteiger partial charge in [0.15, 0.2) is 4.96 Å². The van der Waals surface area contributed by atoms with Gasteiger partial charge in [-0.3, -0.25) is 9.48 Å². The van der Waals surface area contributed by atoms with Gasteiger partial charge in [0.25, 0.3) is 5.56 Å². The van der Waals surface area contributed by atoms with Crippen LogP contribution in [0.25, 0.3) is 33.3 Å². The molecule has 0 unspecified atom stereocenters. The van der Waals surface area contributed by atoms with Crippen molar-refractivity contribution in [2.75, 3.05) is 0 Å². The van der Waals surface area contributed by atoms with Crippen molar-refractivity contribution in [1.82, 2.24) is 19.2 Å². The molecule has 6 aromatic rings. The number of hydrogen-bond donors (Lipinski definition) is 0. The summed E-state index contributed by atoms with van der Waals surface area (Å²) >= 11 is 13.7. The Hall–Kier alpha value is -3.45. The van der Waals surface area contributed by atoms with Gasteiger partial charge in [-0.2, -0.15) is 5.10 Å². The third-order valence-corrected chi connectivity index (χ3v) is 8.01. The van der Waals surface area contributed by atoms with Gasteiger partial charge in [0.05, 0.1) is 37.8 Å². The second-order valence-electron chi connectivity index (χ2n) is 8.82. The number of aryl methyl sites for hydroxylation is 2. The molecular formula is C28H20Cl2N4OS. The molecule has 0 bridgehead atoms. The molecular weight excluding hydrogens is 511 g/mol. The topological polar surface area (TPSA) is 52.2 Å². The summed E-state index contributed by atoms with van der Waals surface area (Å²) in [5.74, 6) is 0. The lowest BCUT2D eigenvalue weighted by Crippen LogP contribution is -2.22. The Balaban J connectivity index is 1.50. The van der Waals surface area contributed by atoms with Crippen LogP contribution in [0.4, 0.5) is 0 Å². The first kappa shape index (κ1) is 23.0. The Labute approximate surface area is 220 Å². The smallest absolute Gasteiger partial charge is 0.267 e. The minimum absolute atomic E-state index is 0.0722. The van der Waals surface area contributed by atoms with Crippen LogP contribution in [-0.2, 0) is 6.54 Å². The number of fused-ring (bicyclic) bond motifs is 3. The molecule has 0 fully saturated rings. The van der Waals surface area contributed by atoms with Crippen LogP contribution in [0.15, 0.2) is 71.7 Å². The van der Waals surface area contributed by atoms with Crippen LogP contribution in [0.3, 0.4) is 0 Å². The molecule has 0 aliphatic heterocycles. The fourth-order valence-electron chi connectivity index (χ4n) is 4.33. The molecule has 8 heteroatoms. The summed E-state index contributed by atoms with van der Waals surface area (Å²) in [6, 6.07) is 19.6. The Bertz CT molecular complexity index is 1890. The molecule has 0 aliphatic carbocycles. The van der Waals surface area contributed by atoms with Crippen molar-refractivity contribution in [1.29, 1.82) is 0 Å². The first-order valence-corrected chi connectivity index (χ1v) is 13.0. The van der Waals surface area contributed by atoms with E-state index in [2.05, 4.69) is 6.92 Å². The average molecular weight is 531 g/mol. The van der Waals surface area contributed by atoms with Gasteiger partial charge in [-0.15, -0.1) is 0 Å². The van der Waals surface area contributed by atoms with Crippen molar-refractivity contribution in [2.45, 2.75) is 20.4 Å². The zero-order valence-electron chi connectivity index (χ0n) is 19.5. The number of hydrogen-bond acceptors (Lipinski definition) is 4. The monoisotopic (exact) mass is 530 g/mol. The summed E-state index contributed by atoms with van der Waals surface area (Å²) in [6.45, 7) is 4.62. The summed E-state index contributed by atoms with van der Waals surface area (Å²) in [5.41, 5.74) is 7.52. The van der Waals surface area contributed by atoms with Crippen molar-refractivity contribution in [3.8, 4) is 11.3 Å². The quantitative estimate of drug-likeness (QED) is 0.269. The summed E-state index contributed by atoms with van der Waals surface area (Å²) < 4.78 is 4.18. The second kappa shape index (κ2) is 8.89. The molecule has 0 atom stereocenters. The number of nitrogens with zero attached hydrogens (tertiary/aromatic N) is 4. The largest absolute Gasteiger partial charge is 0.274 e. The van der Waals surface area contributed by atoms with Crippen LogP contribution < -0.4 is 10.1 Å². The van der Waals surface area contributed by atoms with Crippen LogP contribution in [0, 0.1) is 13.8 Å². The third-order valence-electron chi connectivity index (χ3n) is 6.31. The van der Waals surface area contributed by atoms with Gasteiger partial charge < -0.3 is 0 Å². The number of aromatic nitrogens is 4. The zero-order chi connectivity index (χ0) is 25.0. The van der Waals surface area contributed by atoms with E-state index in [1.165, 1.54) is 11.3 Å². The van der Waals surface area contributed by atoms with Gasteiger partial charge in [0.2, 0.25) is 0 Å². The molecule has 0 radical (unpaired) electrons. The van der Waals surface area contributed by atoms with Crippen LogP contribution >= 0.6 is 34.5 Å². The van der Waals surface area contributed by atoms with Crippen LogP contribution in [0.2, 0.25) is 10.0 Å². The number of benzene rings is 3. The molecule has 0 N–H and O–H groups in total. The Morgan fingerprint density at radius 1 is 0.972 bits per heavy atom. The van der Waals surface area contributed by atoms with E-state index < -0.39 is 0 Å². The molecule has 36 heavy (non-hydrogen) atoms. The number of rotatable bonds is 4. The van der Waals surface area contributed by atoms with Crippen molar-refractivity contribution in [3.05, 3.63) is 114 Å². The lowest BCUT2D eigenvalue weighted by atomic mass is 10.1. The van der Waals surface area contributed by atoms with Gasteiger partial charge in [-0.1, -0.05) is 70.9 Å². The molecule has 0 amide bonds. The molecule has 0 saturated carbocycles. The molecule has 3 aromatic carbocycles. The van der Waals surface area contributed by atoms with E-state index in [0.717, 1.165) is 44.5 Å². The van der Waals surface area contributed by atoms with E-state index in [1.54, 1.807) is 10.5 Å². The van der Waals surface area contributed by atoms with Gasteiger partial charge in [-0.05, 0) is 60.9 Å². The van der Waals surface area contributed by atoms with Crippen molar-refractivity contribution in [2.24, 2.45) is 0 Å². The van der Waals surface area contributed by atoms with Crippen LogP contribution in [-0.4, -0.2) is 19.2 Å². The Morgan fingerprint density at radius 2 is 1.75 bits per heavy atom. The molecule has 5 nitrogen and oxygen atoms in total. The lowest BCUT2D eigenvalue weighted by Gasteiger charge is -2.03. The second-order valence-corrected chi connectivity index (χ2v) is 10.6. The average Bonchev–Trinajstić information content (AvgIpc) is 3.50. The van der Waals surface area contributed by atoms with Gasteiger partial charge >= 0.3 is 0 Å². The van der Waals surface area contributed by atoms with Crippen LogP contribution in [0.1, 0.15) is 22.3 Å². The molecule has 178 valence electrons.